The van der Waals surface area contributed by atoms with Gasteiger partial charge in [-0.3, -0.25) is 4.79 Å². The molecule has 2 saturated heterocycles. The van der Waals surface area contributed by atoms with Crippen LogP contribution < -0.4 is 0 Å². The van der Waals surface area contributed by atoms with Gasteiger partial charge in [0.25, 0.3) is 0 Å². The Morgan fingerprint density at radius 3 is 2.35 bits per heavy atom. The van der Waals surface area contributed by atoms with Crippen molar-refractivity contribution in [3.8, 4) is 0 Å². The van der Waals surface area contributed by atoms with Crippen LogP contribution in [-0.4, -0.2) is 61.6 Å². The highest BCUT2D eigenvalue weighted by Gasteiger charge is 2.29. The first-order chi connectivity index (χ1) is 9.58. The summed E-state index contributed by atoms with van der Waals surface area (Å²) < 4.78 is 5.38. The van der Waals surface area contributed by atoms with E-state index in [0.717, 1.165) is 58.5 Å². The van der Waals surface area contributed by atoms with Crippen LogP contribution in [0.3, 0.4) is 0 Å². The van der Waals surface area contributed by atoms with Gasteiger partial charge in [0.2, 0.25) is 5.91 Å². The number of hydrogen-bond donors (Lipinski definition) is 0. The Morgan fingerprint density at radius 2 is 1.80 bits per heavy atom. The zero-order chi connectivity index (χ0) is 14.5. The third-order valence-corrected chi connectivity index (χ3v) is 4.86. The van der Waals surface area contributed by atoms with Gasteiger partial charge in [-0.2, -0.15) is 0 Å². The van der Waals surface area contributed by atoms with Gasteiger partial charge >= 0.3 is 0 Å². The summed E-state index contributed by atoms with van der Waals surface area (Å²) in [6.07, 6.45) is 4.25. The standard InChI is InChI=1S/C16H30N2O2/c1-13(2)18-8-4-15(5-9-18)16(19)17(3)12-14-6-10-20-11-7-14/h13-15H,4-12H2,1-3H3. The minimum absolute atomic E-state index is 0.245. The molecule has 0 saturated carbocycles. The average molecular weight is 282 g/mol. The largest absolute Gasteiger partial charge is 0.381 e. The monoisotopic (exact) mass is 282 g/mol. The van der Waals surface area contributed by atoms with Gasteiger partial charge in [-0.15, -0.1) is 0 Å². The van der Waals surface area contributed by atoms with Crippen LogP contribution >= 0.6 is 0 Å². The highest BCUT2D eigenvalue weighted by Crippen LogP contribution is 2.22. The fourth-order valence-corrected chi connectivity index (χ4v) is 3.38. The van der Waals surface area contributed by atoms with Crippen molar-refractivity contribution in [1.82, 2.24) is 9.80 Å². The molecule has 2 aliphatic heterocycles. The number of carbonyl (C=O) groups excluding carboxylic acids is 1. The van der Waals surface area contributed by atoms with Gasteiger partial charge in [0.1, 0.15) is 0 Å². The molecular formula is C16H30N2O2. The van der Waals surface area contributed by atoms with Crippen molar-refractivity contribution in [2.75, 3.05) is 39.9 Å². The summed E-state index contributed by atoms with van der Waals surface area (Å²) in [4.78, 5) is 17.0. The summed E-state index contributed by atoms with van der Waals surface area (Å²) in [6.45, 7) is 9.24. The van der Waals surface area contributed by atoms with Crippen LogP contribution in [0.1, 0.15) is 39.5 Å². The Balaban J connectivity index is 1.76. The molecule has 0 aromatic heterocycles. The second-order valence-electron chi connectivity index (χ2n) is 6.68. The van der Waals surface area contributed by atoms with Crippen LogP contribution in [0.4, 0.5) is 0 Å². The second kappa shape index (κ2) is 7.41. The molecule has 0 aliphatic carbocycles. The molecule has 4 heteroatoms. The predicted molar refractivity (Wildman–Crippen MR) is 80.6 cm³/mol. The topological polar surface area (TPSA) is 32.8 Å². The van der Waals surface area contributed by atoms with Crippen molar-refractivity contribution in [3.05, 3.63) is 0 Å². The summed E-state index contributed by atoms with van der Waals surface area (Å²) in [5.41, 5.74) is 0. The molecule has 1 amide bonds. The molecule has 2 heterocycles. The smallest absolute Gasteiger partial charge is 0.225 e. The number of piperidine rings is 1. The van der Waals surface area contributed by atoms with Crippen molar-refractivity contribution in [3.63, 3.8) is 0 Å². The number of rotatable bonds is 4. The lowest BCUT2D eigenvalue weighted by molar-refractivity contribution is -0.136. The summed E-state index contributed by atoms with van der Waals surface area (Å²) >= 11 is 0. The summed E-state index contributed by atoms with van der Waals surface area (Å²) in [7, 11) is 1.98. The fraction of sp³-hybridized carbons (Fsp3) is 0.938. The maximum atomic E-state index is 12.5. The number of hydrogen-bond acceptors (Lipinski definition) is 3. The Labute approximate surface area is 123 Å². The lowest BCUT2D eigenvalue weighted by atomic mass is 9.93. The van der Waals surface area contributed by atoms with Gasteiger partial charge in [-0.1, -0.05) is 0 Å². The van der Waals surface area contributed by atoms with E-state index < -0.39 is 0 Å². The lowest BCUT2D eigenvalue weighted by Crippen LogP contribution is -2.44. The minimum atomic E-state index is 0.245. The molecule has 0 bridgehead atoms. The zero-order valence-electron chi connectivity index (χ0n) is 13.3. The van der Waals surface area contributed by atoms with Gasteiger partial charge in [0.15, 0.2) is 0 Å². The third-order valence-electron chi connectivity index (χ3n) is 4.86. The number of nitrogens with zero attached hydrogens (tertiary/aromatic N) is 2. The van der Waals surface area contributed by atoms with Crippen LogP contribution in [0.2, 0.25) is 0 Å². The van der Waals surface area contributed by atoms with Crippen LogP contribution in [0.25, 0.3) is 0 Å². The van der Waals surface area contributed by atoms with Crippen molar-refractivity contribution < 1.29 is 9.53 Å². The van der Waals surface area contributed by atoms with Gasteiger partial charge in [0, 0.05) is 38.8 Å². The molecule has 2 rings (SSSR count). The summed E-state index contributed by atoms with van der Waals surface area (Å²) in [5, 5.41) is 0. The molecule has 0 N–H and O–H groups in total. The van der Waals surface area contributed by atoms with E-state index in [1.807, 2.05) is 11.9 Å². The van der Waals surface area contributed by atoms with Gasteiger partial charge in [-0.05, 0) is 58.5 Å². The van der Waals surface area contributed by atoms with Gasteiger partial charge < -0.3 is 14.5 Å². The van der Waals surface area contributed by atoms with Crippen LogP contribution in [-0.2, 0) is 9.53 Å². The van der Waals surface area contributed by atoms with Crippen LogP contribution in [0, 0.1) is 11.8 Å². The Hall–Kier alpha value is -0.610. The van der Waals surface area contributed by atoms with Crippen molar-refractivity contribution in [1.29, 1.82) is 0 Å². The SMILES string of the molecule is CC(C)N1CCC(C(=O)N(C)CC2CCOCC2)CC1. The third kappa shape index (κ3) is 4.19. The highest BCUT2D eigenvalue weighted by atomic mass is 16.5. The molecule has 116 valence electrons. The predicted octanol–water partition coefficient (Wildman–Crippen LogP) is 1.99. The van der Waals surface area contributed by atoms with E-state index in [-0.39, 0.29) is 5.92 Å². The summed E-state index contributed by atoms with van der Waals surface area (Å²) in [6, 6.07) is 0.603. The molecule has 20 heavy (non-hydrogen) atoms. The van der Waals surface area contributed by atoms with E-state index in [1.165, 1.54) is 0 Å². The van der Waals surface area contributed by atoms with Gasteiger partial charge in [0.05, 0.1) is 0 Å². The molecule has 4 nitrogen and oxygen atoms in total. The molecule has 2 aliphatic rings. The first-order valence-corrected chi connectivity index (χ1v) is 8.14. The molecule has 0 radical (unpaired) electrons. The molecule has 0 aromatic carbocycles. The first-order valence-electron chi connectivity index (χ1n) is 8.14. The van der Waals surface area contributed by atoms with E-state index in [4.69, 9.17) is 4.74 Å². The molecule has 0 atom stereocenters. The van der Waals surface area contributed by atoms with Crippen molar-refractivity contribution in [2.45, 2.75) is 45.6 Å². The van der Waals surface area contributed by atoms with Crippen LogP contribution in [0.15, 0.2) is 0 Å². The van der Waals surface area contributed by atoms with E-state index >= 15 is 0 Å². The highest BCUT2D eigenvalue weighted by molar-refractivity contribution is 5.78. The van der Waals surface area contributed by atoms with Crippen LogP contribution in [0.5, 0.6) is 0 Å². The second-order valence-corrected chi connectivity index (χ2v) is 6.68. The van der Waals surface area contributed by atoms with E-state index in [9.17, 15) is 4.79 Å². The van der Waals surface area contributed by atoms with Gasteiger partial charge in [-0.25, -0.2) is 0 Å². The molecular weight excluding hydrogens is 252 g/mol. The Bertz CT molecular complexity index is 306. The molecule has 0 aromatic rings. The maximum Gasteiger partial charge on any atom is 0.225 e. The van der Waals surface area contributed by atoms with Crippen molar-refractivity contribution >= 4 is 5.91 Å². The molecule has 2 fully saturated rings. The van der Waals surface area contributed by atoms with E-state index in [2.05, 4.69) is 18.7 Å². The fourth-order valence-electron chi connectivity index (χ4n) is 3.38. The number of amides is 1. The van der Waals surface area contributed by atoms with Crippen molar-refractivity contribution in [2.24, 2.45) is 11.8 Å². The maximum absolute atomic E-state index is 12.5. The first kappa shape index (κ1) is 15.8. The number of ether oxygens (including phenoxy) is 1. The Morgan fingerprint density at radius 1 is 1.20 bits per heavy atom. The Kier molecular flexibility index (Phi) is 5.85. The zero-order valence-corrected chi connectivity index (χ0v) is 13.3. The van der Waals surface area contributed by atoms with E-state index in [1.54, 1.807) is 0 Å². The number of likely N-dealkylation sites (tertiary alicyclic amines) is 1. The normalized spacial score (nSPS) is 23.2. The number of carbonyl (C=O) groups is 1. The lowest BCUT2D eigenvalue weighted by Gasteiger charge is -2.36. The molecule has 0 spiro atoms. The molecule has 0 unspecified atom stereocenters. The minimum Gasteiger partial charge on any atom is -0.381 e. The quantitative estimate of drug-likeness (QED) is 0.790. The summed E-state index contributed by atoms with van der Waals surface area (Å²) in [5.74, 6) is 1.24. The average Bonchev–Trinajstić information content (AvgIpc) is 2.47. The van der Waals surface area contributed by atoms with E-state index in [0.29, 0.717) is 17.9 Å².